The number of halogens is 1. The third kappa shape index (κ3) is 3.02. The van der Waals surface area contributed by atoms with Gasteiger partial charge >= 0.3 is 0 Å². The predicted molar refractivity (Wildman–Crippen MR) is 71.9 cm³/mol. The van der Waals surface area contributed by atoms with E-state index in [0.29, 0.717) is 18.0 Å². The van der Waals surface area contributed by atoms with Crippen molar-refractivity contribution >= 4 is 23.2 Å². The molecule has 0 bridgehead atoms. The summed E-state index contributed by atoms with van der Waals surface area (Å²) in [4.78, 5) is 14.1. The fraction of sp³-hybridized carbons (Fsp3) is 0.462. The molecule has 1 atom stereocenters. The predicted octanol–water partition coefficient (Wildman–Crippen LogP) is 1.42. The van der Waals surface area contributed by atoms with Gasteiger partial charge in [0.15, 0.2) is 0 Å². The zero-order valence-corrected chi connectivity index (χ0v) is 10.9. The fourth-order valence-electron chi connectivity index (χ4n) is 2.13. The zero-order valence-electron chi connectivity index (χ0n) is 10.1. The largest absolute Gasteiger partial charge is 0.396 e. The van der Waals surface area contributed by atoms with Crippen LogP contribution >= 0.6 is 11.6 Å². The molecule has 2 rings (SSSR count). The van der Waals surface area contributed by atoms with Gasteiger partial charge in [-0.1, -0.05) is 11.6 Å². The molecule has 1 aliphatic rings. The number of carbonyl (C=O) groups excluding carboxylic acids is 1. The summed E-state index contributed by atoms with van der Waals surface area (Å²) in [5.74, 6) is 0.0175. The minimum Gasteiger partial charge on any atom is -0.396 e. The number of benzene rings is 1. The second-order valence-corrected chi connectivity index (χ2v) is 4.78. The Kier molecular flexibility index (Phi) is 4.58. The number of anilines is 1. The maximum Gasteiger partial charge on any atom is 0.244 e. The summed E-state index contributed by atoms with van der Waals surface area (Å²) in [7, 11) is 0. The molecule has 1 amide bonds. The average molecular weight is 269 g/mol. The van der Waals surface area contributed by atoms with Gasteiger partial charge in [-0.25, -0.2) is 0 Å². The number of amides is 1. The molecule has 4 nitrogen and oxygen atoms in total. The Balaban J connectivity index is 2.19. The van der Waals surface area contributed by atoms with Gasteiger partial charge in [0.1, 0.15) is 0 Å². The summed E-state index contributed by atoms with van der Waals surface area (Å²) in [6.07, 6.45) is 1.35. The van der Waals surface area contributed by atoms with Crippen LogP contribution in [0.4, 0.5) is 5.69 Å². The van der Waals surface area contributed by atoms with E-state index >= 15 is 0 Å². The number of nitrogens with zero attached hydrogens (tertiary/aromatic N) is 1. The maximum absolute atomic E-state index is 12.3. The van der Waals surface area contributed by atoms with E-state index in [9.17, 15) is 4.79 Å². The van der Waals surface area contributed by atoms with Crippen molar-refractivity contribution in [3.8, 4) is 0 Å². The van der Waals surface area contributed by atoms with Crippen LogP contribution in [0.3, 0.4) is 0 Å². The summed E-state index contributed by atoms with van der Waals surface area (Å²) in [6, 6.07) is 6.96. The Bertz CT molecular complexity index is 408. The molecule has 0 saturated carbocycles. The quantitative estimate of drug-likeness (QED) is 0.872. The number of aliphatic hydroxyl groups excluding tert-OH is 1. The molecule has 0 aliphatic carbocycles. The highest BCUT2D eigenvalue weighted by atomic mass is 35.5. The molecular formula is C13H17ClN2O2. The maximum atomic E-state index is 12.3. The highest BCUT2D eigenvalue weighted by molar-refractivity contribution is 6.30. The minimum atomic E-state index is -0.298. The second kappa shape index (κ2) is 6.18. The molecule has 1 aromatic rings. The van der Waals surface area contributed by atoms with E-state index in [4.69, 9.17) is 16.7 Å². The summed E-state index contributed by atoms with van der Waals surface area (Å²) in [6.45, 7) is 1.49. The Morgan fingerprint density at radius 1 is 1.39 bits per heavy atom. The first-order valence-corrected chi connectivity index (χ1v) is 6.51. The molecule has 2 N–H and O–H groups in total. The van der Waals surface area contributed by atoms with Crippen molar-refractivity contribution in [2.24, 2.45) is 0 Å². The SMILES string of the molecule is O=C1C(CCO)NCCCN1c1ccc(Cl)cc1. The van der Waals surface area contributed by atoms with Gasteiger partial charge in [0.2, 0.25) is 5.91 Å². The molecule has 1 aliphatic heterocycles. The van der Waals surface area contributed by atoms with Crippen molar-refractivity contribution in [1.82, 2.24) is 5.32 Å². The van der Waals surface area contributed by atoms with E-state index in [1.165, 1.54) is 0 Å². The van der Waals surface area contributed by atoms with Crippen LogP contribution in [0.1, 0.15) is 12.8 Å². The van der Waals surface area contributed by atoms with Gasteiger partial charge in [-0.2, -0.15) is 0 Å². The lowest BCUT2D eigenvalue weighted by Gasteiger charge is -2.24. The highest BCUT2D eigenvalue weighted by Gasteiger charge is 2.26. The van der Waals surface area contributed by atoms with E-state index in [0.717, 1.165) is 18.7 Å². The number of hydrogen-bond donors (Lipinski definition) is 2. The van der Waals surface area contributed by atoms with E-state index in [1.807, 2.05) is 12.1 Å². The Hall–Kier alpha value is -1.10. The second-order valence-electron chi connectivity index (χ2n) is 4.34. The average Bonchev–Trinajstić information content (AvgIpc) is 2.55. The van der Waals surface area contributed by atoms with Crippen molar-refractivity contribution in [2.75, 3.05) is 24.6 Å². The third-order valence-electron chi connectivity index (χ3n) is 3.07. The number of carbonyl (C=O) groups is 1. The van der Waals surface area contributed by atoms with E-state index in [1.54, 1.807) is 17.0 Å². The Labute approximate surface area is 112 Å². The van der Waals surface area contributed by atoms with E-state index in [-0.39, 0.29) is 18.6 Å². The first-order chi connectivity index (χ1) is 8.72. The van der Waals surface area contributed by atoms with E-state index in [2.05, 4.69) is 5.32 Å². The number of rotatable bonds is 3. The van der Waals surface area contributed by atoms with Crippen molar-refractivity contribution in [1.29, 1.82) is 0 Å². The molecule has 1 saturated heterocycles. The molecule has 1 fully saturated rings. The first kappa shape index (κ1) is 13.3. The smallest absolute Gasteiger partial charge is 0.244 e. The number of hydrogen-bond acceptors (Lipinski definition) is 3. The molecule has 5 heteroatoms. The van der Waals surface area contributed by atoms with Crippen LogP contribution < -0.4 is 10.2 Å². The zero-order chi connectivity index (χ0) is 13.0. The van der Waals surface area contributed by atoms with Crippen molar-refractivity contribution in [2.45, 2.75) is 18.9 Å². The summed E-state index contributed by atoms with van der Waals surface area (Å²) in [5, 5.41) is 12.8. The van der Waals surface area contributed by atoms with Crippen molar-refractivity contribution in [3.05, 3.63) is 29.3 Å². The summed E-state index contributed by atoms with van der Waals surface area (Å²) < 4.78 is 0. The van der Waals surface area contributed by atoms with Gasteiger partial charge in [-0.05, 0) is 43.7 Å². The number of nitrogens with one attached hydrogen (secondary N) is 1. The minimum absolute atomic E-state index is 0.0118. The fourth-order valence-corrected chi connectivity index (χ4v) is 2.26. The van der Waals surface area contributed by atoms with Gasteiger partial charge < -0.3 is 15.3 Å². The van der Waals surface area contributed by atoms with Gasteiger partial charge in [-0.15, -0.1) is 0 Å². The van der Waals surface area contributed by atoms with Crippen LogP contribution in [-0.2, 0) is 4.79 Å². The van der Waals surface area contributed by atoms with Crippen molar-refractivity contribution in [3.63, 3.8) is 0 Å². The molecule has 1 aromatic carbocycles. The van der Waals surface area contributed by atoms with Crippen LogP contribution in [0.25, 0.3) is 0 Å². The topological polar surface area (TPSA) is 52.6 Å². The molecule has 0 radical (unpaired) electrons. The monoisotopic (exact) mass is 268 g/mol. The standard InChI is InChI=1S/C13H17ClN2O2/c14-10-2-4-11(5-3-10)16-8-1-7-15-12(6-9-17)13(16)18/h2-5,12,15,17H,1,6-9H2. The van der Waals surface area contributed by atoms with Crippen molar-refractivity contribution < 1.29 is 9.90 Å². The van der Waals surface area contributed by atoms with Crippen LogP contribution in [0.2, 0.25) is 5.02 Å². The molecule has 18 heavy (non-hydrogen) atoms. The van der Waals surface area contributed by atoms with Crippen LogP contribution in [-0.4, -0.2) is 36.8 Å². The Morgan fingerprint density at radius 2 is 2.11 bits per heavy atom. The van der Waals surface area contributed by atoms with Gasteiger partial charge in [0.05, 0.1) is 6.04 Å². The lowest BCUT2D eigenvalue weighted by atomic mass is 10.2. The highest BCUT2D eigenvalue weighted by Crippen LogP contribution is 2.20. The van der Waals surface area contributed by atoms with Crippen LogP contribution in [0, 0.1) is 0 Å². The lowest BCUT2D eigenvalue weighted by Crippen LogP contribution is -2.44. The van der Waals surface area contributed by atoms with Gasteiger partial charge in [0.25, 0.3) is 0 Å². The van der Waals surface area contributed by atoms with E-state index < -0.39 is 0 Å². The molecule has 0 aromatic heterocycles. The van der Waals surface area contributed by atoms with Gasteiger partial charge in [-0.3, -0.25) is 4.79 Å². The lowest BCUT2D eigenvalue weighted by molar-refractivity contribution is -0.120. The Morgan fingerprint density at radius 3 is 2.78 bits per heavy atom. The molecule has 1 heterocycles. The number of aliphatic hydroxyl groups is 1. The summed E-state index contributed by atoms with van der Waals surface area (Å²) in [5.41, 5.74) is 0.857. The van der Waals surface area contributed by atoms with Crippen LogP contribution in [0.15, 0.2) is 24.3 Å². The first-order valence-electron chi connectivity index (χ1n) is 6.13. The normalized spacial score (nSPS) is 20.9. The van der Waals surface area contributed by atoms with Crippen LogP contribution in [0.5, 0.6) is 0 Å². The third-order valence-corrected chi connectivity index (χ3v) is 3.32. The molecule has 0 spiro atoms. The molecular weight excluding hydrogens is 252 g/mol. The molecule has 98 valence electrons. The molecule has 1 unspecified atom stereocenters. The van der Waals surface area contributed by atoms with Gasteiger partial charge in [0, 0.05) is 23.9 Å². The summed E-state index contributed by atoms with van der Waals surface area (Å²) >= 11 is 5.85.